The van der Waals surface area contributed by atoms with Crippen molar-refractivity contribution in [1.82, 2.24) is 9.13 Å². The minimum atomic E-state index is -0.550. The number of carbonyl (C=O) groups excluding carboxylic acids is 2. The van der Waals surface area contributed by atoms with Crippen LogP contribution in [0.15, 0.2) is 47.3 Å². The summed E-state index contributed by atoms with van der Waals surface area (Å²) < 4.78 is 8.83. The molecule has 1 aliphatic rings. The maximum atomic E-state index is 12.6. The maximum absolute atomic E-state index is 12.6. The van der Waals surface area contributed by atoms with E-state index in [-0.39, 0.29) is 30.5 Å². The van der Waals surface area contributed by atoms with Crippen LogP contribution in [0.25, 0.3) is 11.0 Å². The Balaban J connectivity index is 1.47. The molecule has 2 aromatic carbocycles. The van der Waals surface area contributed by atoms with Crippen LogP contribution in [0, 0.1) is 0 Å². The van der Waals surface area contributed by atoms with Crippen LogP contribution in [0.5, 0.6) is 5.75 Å². The van der Waals surface area contributed by atoms with Gasteiger partial charge in [-0.1, -0.05) is 12.1 Å². The molecule has 2 amide bonds. The van der Waals surface area contributed by atoms with E-state index in [1.54, 1.807) is 34.3 Å². The normalized spacial score (nSPS) is 15.5. The Morgan fingerprint density at radius 2 is 1.86 bits per heavy atom. The van der Waals surface area contributed by atoms with Crippen molar-refractivity contribution < 1.29 is 14.3 Å². The zero-order valence-corrected chi connectivity index (χ0v) is 16.3. The Labute approximate surface area is 167 Å². The highest BCUT2D eigenvalue weighted by Gasteiger charge is 2.23. The fourth-order valence-corrected chi connectivity index (χ4v) is 3.52. The zero-order valence-electron chi connectivity index (χ0n) is 16.3. The summed E-state index contributed by atoms with van der Waals surface area (Å²) in [6.45, 7) is 4.44. The van der Waals surface area contributed by atoms with Crippen molar-refractivity contribution in [3.8, 4) is 5.75 Å². The maximum Gasteiger partial charge on any atom is 0.329 e. The van der Waals surface area contributed by atoms with E-state index in [9.17, 15) is 14.4 Å². The van der Waals surface area contributed by atoms with Crippen molar-refractivity contribution in [2.75, 3.05) is 10.6 Å². The van der Waals surface area contributed by atoms with Crippen LogP contribution in [0.1, 0.15) is 20.3 Å². The number of aryl methyl sites for hydroxylation is 2. The second kappa shape index (κ2) is 7.46. The van der Waals surface area contributed by atoms with Gasteiger partial charge in [0.2, 0.25) is 5.91 Å². The molecule has 2 N–H and O–H groups in total. The molecule has 0 unspecified atom stereocenters. The minimum Gasteiger partial charge on any atom is -0.479 e. The zero-order chi connectivity index (χ0) is 20.5. The highest BCUT2D eigenvalue weighted by molar-refractivity contribution is 5.99. The van der Waals surface area contributed by atoms with Crippen LogP contribution in [-0.2, 0) is 22.7 Å². The molecule has 0 spiro atoms. The third-order valence-electron chi connectivity index (χ3n) is 5.00. The smallest absolute Gasteiger partial charge is 0.329 e. The van der Waals surface area contributed by atoms with Gasteiger partial charge in [-0.15, -0.1) is 0 Å². The highest BCUT2D eigenvalue weighted by Crippen LogP contribution is 2.32. The molecule has 150 valence electrons. The molecule has 0 saturated heterocycles. The number of nitrogens with one attached hydrogen (secondary N) is 2. The molecule has 0 aliphatic carbocycles. The molecule has 0 bridgehead atoms. The van der Waals surface area contributed by atoms with E-state index in [1.807, 2.05) is 31.2 Å². The molecule has 1 aromatic heterocycles. The summed E-state index contributed by atoms with van der Waals surface area (Å²) in [5, 5.41) is 5.56. The SMILES string of the molecule is CCn1c(=O)n(CCC(=O)Nc2ccc3c(c2)NC(=O)[C@H](C)O3)c2ccccc21. The third-order valence-corrected chi connectivity index (χ3v) is 5.00. The predicted octanol–water partition coefficient (Wildman–Crippen LogP) is 2.57. The van der Waals surface area contributed by atoms with E-state index in [0.29, 0.717) is 23.7 Å². The van der Waals surface area contributed by atoms with Gasteiger partial charge in [-0.25, -0.2) is 4.79 Å². The lowest BCUT2D eigenvalue weighted by molar-refractivity contribution is -0.122. The molecule has 1 aliphatic heterocycles. The monoisotopic (exact) mass is 394 g/mol. The average Bonchev–Trinajstić information content (AvgIpc) is 2.98. The van der Waals surface area contributed by atoms with E-state index >= 15 is 0 Å². The number of nitrogens with zero attached hydrogens (tertiary/aromatic N) is 2. The molecule has 3 aromatic rings. The van der Waals surface area contributed by atoms with Crippen LogP contribution in [-0.4, -0.2) is 27.1 Å². The Hall–Kier alpha value is -3.55. The number of carbonyl (C=O) groups is 2. The molecule has 0 saturated carbocycles. The second-order valence-electron chi connectivity index (χ2n) is 6.93. The number of rotatable bonds is 5. The van der Waals surface area contributed by atoms with Gasteiger partial charge in [-0.2, -0.15) is 0 Å². The number of fused-ring (bicyclic) bond motifs is 2. The van der Waals surface area contributed by atoms with Crippen molar-refractivity contribution in [3.63, 3.8) is 0 Å². The first-order valence-corrected chi connectivity index (χ1v) is 9.57. The fourth-order valence-electron chi connectivity index (χ4n) is 3.52. The number of aromatic nitrogens is 2. The molecule has 8 heteroatoms. The van der Waals surface area contributed by atoms with Crippen LogP contribution < -0.4 is 21.1 Å². The first-order valence-electron chi connectivity index (χ1n) is 9.57. The fraction of sp³-hybridized carbons (Fsp3) is 0.286. The summed E-state index contributed by atoms with van der Waals surface area (Å²) in [5.74, 6) is 0.114. The molecule has 4 rings (SSSR count). The molecule has 2 heterocycles. The van der Waals surface area contributed by atoms with Crippen LogP contribution in [0.2, 0.25) is 0 Å². The first-order chi connectivity index (χ1) is 14.0. The van der Waals surface area contributed by atoms with Crippen LogP contribution >= 0.6 is 0 Å². The quantitative estimate of drug-likeness (QED) is 0.695. The Bertz CT molecular complexity index is 1160. The number of amides is 2. The van der Waals surface area contributed by atoms with E-state index in [0.717, 1.165) is 11.0 Å². The van der Waals surface area contributed by atoms with Gasteiger partial charge in [-0.3, -0.25) is 18.7 Å². The largest absolute Gasteiger partial charge is 0.479 e. The molecule has 0 radical (unpaired) electrons. The molecule has 1 atom stereocenters. The summed E-state index contributed by atoms with van der Waals surface area (Å²) in [7, 11) is 0. The summed E-state index contributed by atoms with van der Waals surface area (Å²) in [6, 6.07) is 12.6. The van der Waals surface area contributed by atoms with Gasteiger partial charge < -0.3 is 15.4 Å². The average molecular weight is 394 g/mol. The van der Waals surface area contributed by atoms with E-state index in [4.69, 9.17) is 4.74 Å². The number of hydrogen-bond acceptors (Lipinski definition) is 4. The van der Waals surface area contributed by atoms with Crippen molar-refractivity contribution >= 4 is 34.2 Å². The lowest BCUT2D eigenvalue weighted by Gasteiger charge is -2.23. The first kappa shape index (κ1) is 18.8. The Morgan fingerprint density at radius 3 is 2.59 bits per heavy atom. The third kappa shape index (κ3) is 3.49. The number of hydrogen-bond donors (Lipinski definition) is 2. The molecular formula is C21H22N4O4. The van der Waals surface area contributed by atoms with Crippen LogP contribution in [0.4, 0.5) is 11.4 Å². The predicted molar refractivity (Wildman–Crippen MR) is 110 cm³/mol. The molecular weight excluding hydrogens is 372 g/mol. The van der Waals surface area contributed by atoms with E-state index in [2.05, 4.69) is 10.6 Å². The van der Waals surface area contributed by atoms with E-state index in [1.165, 1.54) is 0 Å². The number of benzene rings is 2. The Kier molecular flexibility index (Phi) is 4.84. The number of ether oxygens (including phenoxy) is 1. The lowest BCUT2D eigenvalue weighted by atomic mass is 10.2. The van der Waals surface area contributed by atoms with Crippen molar-refractivity contribution in [2.24, 2.45) is 0 Å². The summed E-state index contributed by atoms with van der Waals surface area (Å²) in [4.78, 5) is 36.8. The molecule has 29 heavy (non-hydrogen) atoms. The second-order valence-corrected chi connectivity index (χ2v) is 6.93. The molecule has 8 nitrogen and oxygen atoms in total. The standard InChI is InChI=1S/C21H22N4O4/c1-3-24-16-6-4-5-7-17(16)25(21(24)28)11-10-19(26)22-14-8-9-18-15(12-14)23-20(27)13(2)29-18/h4-9,12-13H,3,10-11H2,1-2H3,(H,22,26)(H,23,27)/t13-/m0/s1. The summed E-state index contributed by atoms with van der Waals surface area (Å²) in [5.41, 5.74) is 2.63. The number of imidazole rings is 1. The number of anilines is 2. The summed E-state index contributed by atoms with van der Waals surface area (Å²) >= 11 is 0. The van der Waals surface area contributed by atoms with Crippen molar-refractivity contribution in [3.05, 3.63) is 52.9 Å². The minimum absolute atomic E-state index is 0.121. The Morgan fingerprint density at radius 1 is 1.14 bits per heavy atom. The number of para-hydroxylation sites is 2. The van der Waals surface area contributed by atoms with Crippen molar-refractivity contribution in [2.45, 2.75) is 39.5 Å². The van der Waals surface area contributed by atoms with Gasteiger partial charge in [0, 0.05) is 25.2 Å². The van der Waals surface area contributed by atoms with Gasteiger partial charge in [0.25, 0.3) is 5.91 Å². The van der Waals surface area contributed by atoms with Gasteiger partial charge in [-0.05, 0) is 44.2 Å². The van der Waals surface area contributed by atoms with Gasteiger partial charge in [0.15, 0.2) is 6.10 Å². The lowest BCUT2D eigenvalue weighted by Crippen LogP contribution is -2.34. The highest BCUT2D eigenvalue weighted by atomic mass is 16.5. The van der Waals surface area contributed by atoms with Gasteiger partial charge in [0.05, 0.1) is 16.7 Å². The van der Waals surface area contributed by atoms with E-state index < -0.39 is 6.10 Å². The van der Waals surface area contributed by atoms with Crippen molar-refractivity contribution in [1.29, 1.82) is 0 Å². The topological polar surface area (TPSA) is 94.4 Å². The summed E-state index contributed by atoms with van der Waals surface area (Å²) in [6.07, 6.45) is -0.402. The van der Waals surface area contributed by atoms with Gasteiger partial charge in [0.1, 0.15) is 5.75 Å². The van der Waals surface area contributed by atoms with Gasteiger partial charge >= 0.3 is 5.69 Å². The van der Waals surface area contributed by atoms with Crippen LogP contribution in [0.3, 0.4) is 0 Å². The molecule has 0 fully saturated rings.